The van der Waals surface area contributed by atoms with Crippen molar-refractivity contribution in [3.8, 4) is 0 Å². The number of H-pyrrole nitrogens is 1. The fourth-order valence-electron chi connectivity index (χ4n) is 3.67. The fraction of sp³-hybridized carbons (Fsp3) is 0.471. The molecule has 1 atom stereocenters. The molecule has 0 bridgehead atoms. The minimum Gasteiger partial charge on any atom is -0.325 e. The summed E-state index contributed by atoms with van der Waals surface area (Å²) in [6.45, 7) is 3.43. The van der Waals surface area contributed by atoms with Crippen molar-refractivity contribution < 1.29 is 4.79 Å². The van der Waals surface area contributed by atoms with E-state index in [-0.39, 0.29) is 17.0 Å². The molecule has 4 rings (SSSR count). The molecule has 0 saturated carbocycles. The summed E-state index contributed by atoms with van der Waals surface area (Å²) < 4.78 is 1.79. The molecule has 6 nitrogen and oxygen atoms in total. The minimum atomic E-state index is -0.276. The zero-order valence-electron chi connectivity index (χ0n) is 13.2. The van der Waals surface area contributed by atoms with Crippen molar-refractivity contribution in [1.82, 2.24) is 14.8 Å². The fourth-order valence-corrected chi connectivity index (χ4v) is 3.67. The number of hydrogen-bond donors (Lipinski definition) is 1. The van der Waals surface area contributed by atoms with Crippen LogP contribution in [-0.4, -0.2) is 27.2 Å². The highest BCUT2D eigenvalue weighted by molar-refractivity contribution is 6.05. The van der Waals surface area contributed by atoms with Crippen LogP contribution in [0.4, 0.5) is 5.82 Å². The van der Waals surface area contributed by atoms with Crippen LogP contribution in [-0.2, 0) is 19.4 Å². The van der Waals surface area contributed by atoms with Gasteiger partial charge in [-0.3, -0.25) is 14.5 Å². The number of fused-ring (bicyclic) bond motifs is 2. The number of pyridine rings is 1. The lowest BCUT2D eigenvalue weighted by atomic mass is 9.84. The molecule has 0 spiro atoms. The number of aromatic nitrogens is 3. The molecule has 23 heavy (non-hydrogen) atoms. The molecule has 2 aliphatic rings. The highest BCUT2D eigenvalue weighted by atomic mass is 16.2. The van der Waals surface area contributed by atoms with E-state index in [2.05, 4.69) is 17.0 Å². The van der Waals surface area contributed by atoms with E-state index in [0.717, 1.165) is 42.8 Å². The van der Waals surface area contributed by atoms with Crippen LogP contribution in [0.5, 0.6) is 0 Å². The molecule has 0 fully saturated rings. The summed E-state index contributed by atoms with van der Waals surface area (Å²) in [4.78, 5) is 29.8. The van der Waals surface area contributed by atoms with Crippen LogP contribution in [0, 0.1) is 5.92 Å². The van der Waals surface area contributed by atoms with Crippen LogP contribution < -0.4 is 10.5 Å². The largest absolute Gasteiger partial charge is 0.325 e. The second kappa shape index (κ2) is 5.37. The van der Waals surface area contributed by atoms with Gasteiger partial charge in [-0.25, -0.2) is 4.68 Å². The van der Waals surface area contributed by atoms with Crippen molar-refractivity contribution >= 4 is 11.7 Å². The Labute approximate surface area is 134 Å². The van der Waals surface area contributed by atoms with Crippen molar-refractivity contribution in [3.63, 3.8) is 0 Å². The number of amides is 1. The maximum Gasteiger partial charge on any atom is 0.265 e. The van der Waals surface area contributed by atoms with Gasteiger partial charge in [0.05, 0.1) is 12.7 Å². The lowest BCUT2D eigenvalue weighted by Crippen LogP contribution is -2.34. The second-order valence-electron chi connectivity index (χ2n) is 6.40. The Kier molecular flexibility index (Phi) is 3.32. The third kappa shape index (κ3) is 2.29. The smallest absolute Gasteiger partial charge is 0.265 e. The first-order valence-corrected chi connectivity index (χ1v) is 8.26. The van der Waals surface area contributed by atoms with E-state index in [4.69, 9.17) is 0 Å². The highest BCUT2D eigenvalue weighted by Gasteiger charge is 2.29. The summed E-state index contributed by atoms with van der Waals surface area (Å²) in [5, 5.41) is 4.17. The molecule has 6 heteroatoms. The maximum absolute atomic E-state index is 12.8. The van der Waals surface area contributed by atoms with Gasteiger partial charge in [-0.15, -0.1) is 0 Å². The van der Waals surface area contributed by atoms with Crippen LogP contribution in [0.2, 0.25) is 0 Å². The van der Waals surface area contributed by atoms with Crippen LogP contribution in [0.1, 0.15) is 41.4 Å². The predicted molar refractivity (Wildman–Crippen MR) is 86.8 cm³/mol. The van der Waals surface area contributed by atoms with Crippen LogP contribution in [0.25, 0.3) is 0 Å². The zero-order chi connectivity index (χ0) is 16.0. The molecule has 0 radical (unpaired) electrons. The van der Waals surface area contributed by atoms with Gasteiger partial charge in [0, 0.05) is 18.3 Å². The van der Waals surface area contributed by atoms with Gasteiger partial charge >= 0.3 is 0 Å². The third-order valence-electron chi connectivity index (χ3n) is 5.09. The van der Waals surface area contributed by atoms with Crippen molar-refractivity contribution in [2.24, 2.45) is 5.92 Å². The first-order chi connectivity index (χ1) is 11.2. The molecule has 1 amide bonds. The number of nitrogens with zero attached hydrogens (tertiary/aromatic N) is 3. The number of carbonyl (C=O) groups is 1. The lowest BCUT2D eigenvalue weighted by molar-refractivity contribution is 0.0987. The van der Waals surface area contributed by atoms with Gasteiger partial charge < -0.3 is 4.98 Å². The summed E-state index contributed by atoms with van der Waals surface area (Å²) in [6, 6.07) is 3.63. The quantitative estimate of drug-likeness (QED) is 0.918. The van der Waals surface area contributed by atoms with Crippen molar-refractivity contribution in [2.75, 3.05) is 11.4 Å². The molecule has 0 saturated heterocycles. The summed E-state index contributed by atoms with van der Waals surface area (Å²) in [6.07, 6.45) is 5.76. The Morgan fingerprint density at radius 1 is 1.43 bits per heavy atom. The van der Waals surface area contributed by atoms with E-state index in [1.54, 1.807) is 15.8 Å². The molecule has 1 aliphatic carbocycles. The Morgan fingerprint density at radius 3 is 3.13 bits per heavy atom. The number of aryl methyl sites for hydroxylation is 1. The number of aromatic amines is 1. The summed E-state index contributed by atoms with van der Waals surface area (Å²) in [5.41, 5.74) is 2.10. The molecule has 1 N–H and O–H groups in total. The maximum atomic E-state index is 12.8. The average Bonchev–Trinajstić information content (AvgIpc) is 3.16. The highest BCUT2D eigenvalue weighted by Crippen LogP contribution is 2.27. The van der Waals surface area contributed by atoms with Gasteiger partial charge in [0.15, 0.2) is 0 Å². The molecule has 0 aromatic carbocycles. The standard InChI is InChI=1S/C17H20N4O2/c1-2-11-3-4-14-12(9-11)10-13(16(22)19-14)17(23)20-7-8-21-15(20)5-6-18-21/h5-6,10-11H,2-4,7-9H2,1H3,(H,19,22). The van der Waals surface area contributed by atoms with Gasteiger partial charge in [-0.1, -0.05) is 13.3 Å². The minimum absolute atomic E-state index is 0.230. The number of carbonyl (C=O) groups excluding carboxylic acids is 1. The number of hydrogen-bond acceptors (Lipinski definition) is 3. The summed E-state index contributed by atoms with van der Waals surface area (Å²) in [5.74, 6) is 1.18. The molecule has 3 heterocycles. The Balaban J connectivity index is 1.70. The van der Waals surface area contributed by atoms with Crippen molar-refractivity contribution in [2.45, 2.75) is 39.2 Å². The van der Waals surface area contributed by atoms with Gasteiger partial charge in [0.1, 0.15) is 11.4 Å². The number of anilines is 1. The lowest BCUT2D eigenvalue weighted by Gasteiger charge is -2.24. The summed E-state index contributed by atoms with van der Waals surface area (Å²) in [7, 11) is 0. The first-order valence-electron chi connectivity index (χ1n) is 8.26. The van der Waals surface area contributed by atoms with E-state index < -0.39 is 0 Å². The van der Waals surface area contributed by atoms with Crippen LogP contribution >= 0.6 is 0 Å². The normalized spacial score (nSPS) is 19.5. The molecule has 2 aromatic rings. The third-order valence-corrected chi connectivity index (χ3v) is 5.09. The SMILES string of the molecule is CCC1CCc2[nH]c(=O)c(C(=O)N3CCn4nccc43)cc2C1. The molecule has 120 valence electrons. The molecule has 2 aromatic heterocycles. The van der Waals surface area contributed by atoms with E-state index in [9.17, 15) is 9.59 Å². The molecule has 1 aliphatic heterocycles. The average molecular weight is 312 g/mol. The van der Waals surface area contributed by atoms with E-state index in [0.29, 0.717) is 19.0 Å². The topological polar surface area (TPSA) is 71.0 Å². The Bertz CT molecular complexity index is 820. The van der Waals surface area contributed by atoms with Crippen LogP contribution in [0.3, 0.4) is 0 Å². The van der Waals surface area contributed by atoms with E-state index in [1.807, 2.05) is 12.1 Å². The van der Waals surface area contributed by atoms with Gasteiger partial charge in [0.2, 0.25) is 0 Å². The monoisotopic (exact) mass is 312 g/mol. The van der Waals surface area contributed by atoms with Gasteiger partial charge in [-0.05, 0) is 36.8 Å². The number of nitrogens with one attached hydrogen (secondary N) is 1. The molecular weight excluding hydrogens is 292 g/mol. The zero-order valence-corrected chi connectivity index (χ0v) is 13.2. The molecule has 1 unspecified atom stereocenters. The predicted octanol–water partition coefficient (Wildman–Crippen LogP) is 1.75. The Morgan fingerprint density at radius 2 is 2.30 bits per heavy atom. The van der Waals surface area contributed by atoms with Gasteiger partial charge in [0.25, 0.3) is 11.5 Å². The first kappa shape index (κ1) is 14.2. The van der Waals surface area contributed by atoms with Crippen LogP contribution in [0.15, 0.2) is 23.1 Å². The Hall–Kier alpha value is -2.37. The second-order valence-corrected chi connectivity index (χ2v) is 6.40. The summed E-state index contributed by atoms with van der Waals surface area (Å²) >= 11 is 0. The molecular formula is C17H20N4O2. The number of rotatable bonds is 2. The van der Waals surface area contributed by atoms with Crippen molar-refractivity contribution in [1.29, 1.82) is 0 Å². The van der Waals surface area contributed by atoms with E-state index >= 15 is 0 Å². The van der Waals surface area contributed by atoms with Crippen molar-refractivity contribution in [3.05, 3.63) is 45.5 Å². The van der Waals surface area contributed by atoms with Gasteiger partial charge in [-0.2, -0.15) is 5.10 Å². The van der Waals surface area contributed by atoms with E-state index in [1.165, 1.54) is 0 Å².